The van der Waals surface area contributed by atoms with E-state index in [0.717, 1.165) is 12.0 Å². The van der Waals surface area contributed by atoms with E-state index in [2.05, 4.69) is 10.6 Å². The van der Waals surface area contributed by atoms with E-state index < -0.39 is 6.04 Å². The maximum atomic E-state index is 12.2. The zero-order valence-electron chi connectivity index (χ0n) is 10.8. The van der Waals surface area contributed by atoms with Crippen molar-refractivity contribution in [1.29, 1.82) is 0 Å². The van der Waals surface area contributed by atoms with Crippen LogP contribution in [0, 0.1) is 0 Å². The molecule has 5 heteroatoms. The van der Waals surface area contributed by atoms with Gasteiger partial charge in [-0.3, -0.25) is 9.59 Å². The standard InChI is InChI=1S/C14H19N3O2/c15-8-7-10-4-1-2-5-11(10)13(18)17-12-6-3-9-16-14(12)19/h1-2,4-5,12H,3,6-9,15H2,(H,16,19)(H,17,18). The molecule has 1 fully saturated rings. The molecule has 2 rings (SSSR count). The number of hydrogen-bond acceptors (Lipinski definition) is 3. The second-order valence-corrected chi connectivity index (χ2v) is 4.66. The molecule has 19 heavy (non-hydrogen) atoms. The first kappa shape index (κ1) is 13.5. The topological polar surface area (TPSA) is 84.2 Å². The van der Waals surface area contributed by atoms with Crippen LogP contribution in [0.4, 0.5) is 0 Å². The Hall–Kier alpha value is -1.88. The highest BCUT2D eigenvalue weighted by Crippen LogP contribution is 2.11. The number of nitrogens with two attached hydrogens (primary N) is 1. The third kappa shape index (κ3) is 3.32. The summed E-state index contributed by atoms with van der Waals surface area (Å²) >= 11 is 0. The number of hydrogen-bond donors (Lipinski definition) is 3. The van der Waals surface area contributed by atoms with Crippen molar-refractivity contribution in [1.82, 2.24) is 10.6 Å². The third-order valence-electron chi connectivity index (χ3n) is 3.27. The van der Waals surface area contributed by atoms with Crippen molar-refractivity contribution in [3.05, 3.63) is 35.4 Å². The van der Waals surface area contributed by atoms with Gasteiger partial charge in [0.25, 0.3) is 5.91 Å². The summed E-state index contributed by atoms with van der Waals surface area (Å²) in [5.74, 6) is -0.304. The predicted molar refractivity (Wildman–Crippen MR) is 72.7 cm³/mol. The van der Waals surface area contributed by atoms with Gasteiger partial charge in [0.1, 0.15) is 6.04 Å². The maximum Gasteiger partial charge on any atom is 0.252 e. The monoisotopic (exact) mass is 261 g/mol. The summed E-state index contributed by atoms with van der Waals surface area (Å²) in [4.78, 5) is 23.8. The Labute approximate surface area is 112 Å². The highest BCUT2D eigenvalue weighted by atomic mass is 16.2. The van der Waals surface area contributed by atoms with Crippen molar-refractivity contribution >= 4 is 11.8 Å². The summed E-state index contributed by atoms with van der Waals surface area (Å²) in [5.41, 5.74) is 7.06. The molecule has 1 aliphatic rings. The molecule has 1 aromatic carbocycles. The summed E-state index contributed by atoms with van der Waals surface area (Å²) in [6.45, 7) is 1.18. The highest BCUT2D eigenvalue weighted by Gasteiger charge is 2.24. The van der Waals surface area contributed by atoms with Crippen LogP contribution in [0.3, 0.4) is 0 Å². The predicted octanol–water partition coefficient (Wildman–Crippen LogP) is 0.196. The number of rotatable bonds is 4. The van der Waals surface area contributed by atoms with Crippen molar-refractivity contribution in [2.45, 2.75) is 25.3 Å². The summed E-state index contributed by atoms with van der Waals surface area (Å²) < 4.78 is 0. The molecule has 0 aliphatic carbocycles. The van der Waals surface area contributed by atoms with Gasteiger partial charge in [-0.15, -0.1) is 0 Å². The first-order chi connectivity index (χ1) is 9.22. The zero-order chi connectivity index (χ0) is 13.7. The van der Waals surface area contributed by atoms with Gasteiger partial charge in [0.05, 0.1) is 0 Å². The van der Waals surface area contributed by atoms with Crippen LogP contribution >= 0.6 is 0 Å². The zero-order valence-corrected chi connectivity index (χ0v) is 10.8. The molecule has 0 spiro atoms. The lowest BCUT2D eigenvalue weighted by Crippen LogP contribution is -2.50. The van der Waals surface area contributed by atoms with Crippen molar-refractivity contribution < 1.29 is 9.59 Å². The molecule has 0 aromatic heterocycles. The van der Waals surface area contributed by atoms with Crippen LogP contribution in [-0.4, -0.2) is 30.9 Å². The maximum absolute atomic E-state index is 12.2. The largest absolute Gasteiger partial charge is 0.354 e. The molecule has 0 saturated carbocycles. The molecular weight excluding hydrogens is 242 g/mol. The Morgan fingerprint density at radius 3 is 2.95 bits per heavy atom. The Kier molecular flexibility index (Phi) is 4.52. The minimum Gasteiger partial charge on any atom is -0.354 e. The Morgan fingerprint density at radius 2 is 2.21 bits per heavy atom. The SMILES string of the molecule is NCCc1ccccc1C(=O)NC1CCCNC1=O. The molecule has 1 aliphatic heterocycles. The van der Waals surface area contributed by atoms with Crippen molar-refractivity contribution in [3.8, 4) is 0 Å². The summed E-state index contributed by atoms with van der Waals surface area (Å²) in [7, 11) is 0. The number of nitrogens with one attached hydrogen (secondary N) is 2. The summed E-state index contributed by atoms with van der Waals surface area (Å²) in [5, 5.41) is 5.55. The number of amides is 2. The lowest BCUT2D eigenvalue weighted by molar-refractivity contribution is -0.124. The van der Waals surface area contributed by atoms with Crippen molar-refractivity contribution in [2.75, 3.05) is 13.1 Å². The van der Waals surface area contributed by atoms with Gasteiger partial charge in [-0.2, -0.15) is 0 Å². The highest BCUT2D eigenvalue weighted by molar-refractivity contribution is 5.98. The van der Waals surface area contributed by atoms with E-state index in [-0.39, 0.29) is 11.8 Å². The van der Waals surface area contributed by atoms with Crippen LogP contribution in [0.2, 0.25) is 0 Å². The molecule has 2 amide bonds. The average Bonchev–Trinajstić information content (AvgIpc) is 2.42. The Balaban J connectivity index is 2.09. The lowest BCUT2D eigenvalue weighted by Gasteiger charge is -2.23. The molecule has 5 nitrogen and oxygen atoms in total. The van der Waals surface area contributed by atoms with E-state index in [1.54, 1.807) is 6.07 Å². The first-order valence-electron chi connectivity index (χ1n) is 6.59. The lowest BCUT2D eigenvalue weighted by atomic mass is 10.0. The molecule has 4 N–H and O–H groups in total. The fourth-order valence-corrected chi connectivity index (χ4v) is 2.26. The number of piperidine rings is 1. The number of benzene rings is 1. The van der Waals surface area contributed by atoms with Crippen LogP contribution in [0.1, 0.15) is 28.8 Å². The van der Waals surface area contributed by atoms with Crippen molar-refractivity contribution in [3.63, 3.8) is 0 Å². The molecule has 1 heterocycles. The van der Waals surface area contributed by atoms with Gasteiger partial charge in [-0.05, 0) is 37.4 Å². The molecule has 1 unspecified atom stereocenters. The van der Waals surface area contributed by atoms with Gasteiger partial charge in [-0.1, -0.05) is 18.2 Å². The fraction of sp³-hybridized carbons (Fsp3) is 0.429. The van der Waals surface area contributed by atoms with E-state index in [0.29, 0.717) is 31.5 Å². The van der Waals surface area contributed by atoms with E-state index in [1.807, 2.05) is 18.2 Å². The normalized spacial score (nSPS) is 18.8. The van der Waals surface area contributed by atoms with Crippen molar-refractivity contribution in [2.24, 2.45) is 5.73 Å². The second kappa shape index (κ2) is 6.33. The van der Waals surface area contributed by atoms with Gasteiger partial charge >= 0.3 is 0 Å². The van der Waals surface area contributed by atoms with Crippen LogP contribution in [0.15, 0.2) is 24.3 Å². The number of carbonyl (C=O) groups is 2. The smallest absolute Gasteiger partial charge is 0.252 e. The third-order valence-corrected chi connectivity index (χ3v) is 3.27. The van der Waals surface area contributed by atoms with E-state index in [9.17, 15) is 9.59 Å². The molecule has 0 radical (unpaired) electrons. The minimum atomic E-state index is -0.424. The van der Waals surface area contributed by atoms with Gasteiger partial charge in [0.15, 0.2) is 0 Å². The van der Waals surface area contributed by atoms with Gasteiger partial charge < -0.3 is 16.4 Å². The fourth-order valence-electron chi connectivity index (χ4n) is 2.26. The molecule has 1 saturated heterocycles. The molecule has 0 bridgehead atoms. The van der Waals surface area contributed by atoms with Crippen LogP contribution in [0.25, 0.3) is 0 Å². The Morgan fingerprint density at radius 1 is 1.42 bits per heavy atom. The first-order valence-corrected chi connectivity index (χ1v) is 6.59. The van der Waals surface area contributed by atoms with Gasteiger partial charge in [-0.25, -0.2) is 0 Å². The summed E-state index contributed by atoms with van der Waals surface area (Å²) in [6.07, 6.45) is 2.23. The molecular formula is C14H19N3O2. The summed E-state index contributed by atoms with van der Waals surface area (Å²) in [6, 6.07) is 6.93. The molecule has 1 aromatic rings. The van der Waals surface area contributed by atoms with E-state index >= 15 is 0 Å². The minimum absolute atomic E-state index is 0.101. The quantitative estimate of drug-likeness (QED) is 0.723. The molecule has 102 valence electrons. The second-order valence-electron chi connectivity index (χ2n) is 4.66. The van der Waals surface area contributed by atoms with Crippen LogP contribution in [0.5, 0.6) is 0 Å². The average molecular weight is 261 g/mol. The molecule has 1 atom stereocenters. The van der Waals surface area contributed by atoms with Crippen LogP contribution < -0.4 is 16.4 Å². The Bertz CT molecular complexity index is 474. The number of carbonyl (C=O) groups excluding carboxylic acids is 2. The van der Waals surface area contributed by atoms with Crippen LogP contribution in [-0.2, 0) is 11.2 Å². The van der Waals surface area contributed by atoms with E-state index in [1.165, 1.54) is 0 Å². The van der Waals surface area contributed by atoms with Gasteiger partial charge in [0.2, 0.25) is 5.91 Å². The van der Waals surface area contributed by atoms with E-state index in [4.69, 9.17) is 5.73 Å². The van der Waals surface area contributed by atoms with Gasteiger partial charge in [0, 0.05) is 12.1 Å².